The van der Waals surface area contributed by atoms with Crippen LogP contribution in [0.3, 0.4) is 0 Å². The first kappa shape index (κ1) is 9.41. The van der Waals surface area contributed by atoms with Crippen LogP contribution in [0.1, 0.15) is 39.5 Å². The largest absolute Gasteiger partial charge is 0.286 e. The van der Waals surface area contributed by atoms with Crippen molar-refractivity contribution < 1.29 is 4.79 Å². The summed E-state index contributed by atoms with van der Waals surface area (Å²) in [5.74, 6) is 0. The van der Waals surface area contributed by atoms with Crippen LogP contribution in [0.2, 0.25) is 0 Å². The molecule has 1 radical (unpaired) electrons. The lowest BCUT2D eigenvalue weighted by atomic mass is 10.1. The fraction of sp³-hybridized carbons (Fsp3) is 0.667. The van der Waals surface area contributed by atoms with Gasteiger partial charge in [-0.15, -0.1) is 0 Å². The van der Waals surface area contributed by atoms with Crippen LogP contribution < -0.4 is 0 Å². The highest BCUT2D eigenvalue weighted by molar-refractivity contribution is 5.66. The summed E-state index contributed by atoms with van der Waals surface area (Å²) in [6.45, 7) is 4.22. The summed E-state index contributed by atoms with van der Waals surface area (Å²) < 4.78 is 0. The van der Waals surface area contributed by atoms with Gasteiger partial charge in [0.25, 0.3) is 0 Å². The van der Waals surface area contributed by atoms with Crippen molar-refractivity contribution >= 4 is 6.29 Å². The predicted molar refractivity (Wildman–Crippen MR) is 43.6 cm³/mol. The molecule has 10 heavy (non-hydrogen) atoms. The van der Waals surface area contributed by atoms with Crippen LogP contribution in [0.15, 0.2) is 11.6 Å². The van der Waals surface area contributed by atoms with Crippen LogP contribution in [0.4, 0.5) is 0 Å². The normalized spacial score (nSPS) is 11.6. The lowest BCUT2D eigenvalue weighted by Gasteiger charge is -1.99. The number of carbonyl (C=O) groups excluding carboxylic acids is 1. The monoisotopic (exact) mass is 139 g/mol. The Balaban J connectivity index is 3.59. The van der Waals surface area contributed by atoms with Gasteiger partial charge in [0.2, 0.25) is 6.29 Å². The first-order chi connectivity index (χ1) is 4.85. The van der Waals surface area contributed by atoms with Gasteiger partial charge in [-0.2, -0.15) is 0 Å². The molecule has 0 fully saturated rings. The standard InChI is InChI=1S/C9H15O/c1-3-5-6-9(4-2)7-8-10/h7H,3-6H2,1-2H3. The van der Waals surface area contributed by atoms with Crippen molar-refractivity contribution in [3.05, 3.63) is 11.6 Å². The van der Waals surface area contributed by atoms with Gasteiger partial charge >= 0.3 is 0 Å². The Hall–Kier alpha value is -0.590. The Morgan fingerprint density at radius 2 is 2.20 bits per heavy atom. The van der Waals surface area contributed by atoms with Crippen molar-refractivity contribution in [1.82, 2.24) is 0 Å². The molecule has 0 spiro atoms. The molecule has 0 rings (SSSR count). The molecule has 0 aromatic heterocycles. The van der Waals surface area contributed by atoms with Gasteiger partial charge in [0.05, 0.1) is 0 Å². The average molecular weight is 139 g/mol. The maximum atomic E-state index is 9.94. The van der Waals surface area contributed by atoms with Crippen molar-refractivity contribution in [2.24, 2.45) is 0 Å². The van der Waals surface area contributed by atoms with Gasteiger partial charge in [-0.1, -0.05) is 25.8 Å². The van der Waals surface area contributed by atoms with Gasteiger partial charge in [0.1, 0.15) is 0 Å². The van der Waals surface area contributed by atoms with Crippen LogP contribution in [-0.4, -0.2) is 6.29 Å². The summed E-state index contributed by atoms with van der Waals surface area (Å²) in [5.41, 5.74) is 1.22. The Morgan fingerprint density at radius 1 is 1.50 bits per heavy atom. The summed E-state index contributed by atoms with van der Waals surface area (Å²) in [7, 11) is 0. The predicted octanol–water partition coefficient (Wildman–Crippen LogP) is 2.62. The number of unbranched alkanes of at least 4 members (excludes halogenated alkanes) is 1. The molecule has 0 aromatic carbocycles. The Bertz CT molecular complexity index is 114. The van der Waals surface area contributed by atoms with E-state index in [1.807, 2.05) is 6.29 Å². The number of allylic oxidation sites excluding steroid dienone is 2. The summed E-state index contributed by atoms with van der Waals surface area (Å²) in [4.78, 5) is 9.94. The minimum atomic E-state index is 0.981. The van der Waals surface area contributed by atoms with E-state index >= 15 is 0 Å². The van der Waals surface area contributed by atoms with Crippen molar-refractivity contribution in [2.75, 3.05) is 0 Å². The van der Waals surface area contributed by atoms with Crippen molar-refractivity contribution in [2.45, 2.75) is 39.5 Å². The molecular formula is C9H15O. The Morgan fingerprint density at radius 3 is 2.60 bits per heavy atom. The highest BCUT2D eigenvalue weighted by Crippen LogP contribution is 2.09. The number of rotatable bonds is 5. The molecule has 0 bridgehead atoms. The van der Waals surface area contributed by atoms with E-state index in [0.717, 1.165) is 12.8 Å². The summed E-state index contributed by atoms with van der Waals surface area (Å²) in [6, 6.07) is 0. The number of hydrogen-bond acceptors (Lipinski definition) is 1. The molecule has 0 aliphatic heterocycles. The topological polar surface area (TPSA) is 17.1 Å². The molecule has 1 heteroatoms. The van der Waals surface area contributed by atoms with E-state index in [1.54, 1.807) is 6.08 Å². The van der Waals surface area contributed by atoms with E-state index in [0.29, 0.717) is 0 Å². The first-order valence-corrected chi connectivity index (χ1v) is 3.90. The van der Waals surface area contributed by atoms with Crippen molar-refractivity contribution in [3.8, 4) is 0 Å². The Kier molecular flexibility index (Phi) is 6.14. The van der Waals surface area contributed by atoms with Crippen molar-refractivity contribution in [1.29, 1.82) is 0 Å². The molecule has 0 atom stereocenters. The fourth-order valence-corrected chi connectivity index (χ4v) is 0.838. The molecule has 0 N–H and O–H groups in total. The van der Waals surface area contributed by atoms with Gasteiger partial charge < -0.3 is 0 Å². The molecule has 57 valence electrons. The first-order valence-electron chi connectivity index (χ1n) is 3.90. The van der Waals surface area contributed by atoms with E-state index in [-0.39, 0.29) is 0 Å². The van der Waals surface area contributed by atoms with Crippen LogP contribution in [0, 0.1) is 0 Å². The summed E-state index contributed by atoms with van der Waals surface area (Å²) in [5, 5.41) is 0. The second-order valence-corrected chi connectivity index (χ2v) is 2.38. The number of hydrogen-bond donors (Lipinski definition) is 0. The zero-order valence-electron chi connectivity index (χ0n) is 6.81. The minimum Gasteiger partial charge on any atom is -0.286 e. The molecule has 0 saturated heterocycles. The van der Waals surface area contributed by atoms with Gasteiger partial charge in [-0.25, -0.2) is 0 Å². The molecular weight excluding hydrogens is 124 g/mol. The molecule has 0 aliphatic rings. The van der Waals surface area contributed by atoms with Gasteiger partial charge in [-0.3, -0.25) is 4.79 Å². The maximum Gasteiger partial charge on any atom is 0.225 e. The van der Waals surface area contributed by atoms with E-state index in [4.69, 9.17) is 0 Å². The molecule has 0 amide bonds. The second kappa shape index (κ2) is 6.53. The molecule has 0 unspecified atom stereocenters. The van der Waals surface area contributed by atoms with Gasteiger partial charge in [0.15, 0.2) is 0 Å². The van der Waals surface area contributed by atoms with Gasteiger partial charge in [-0.05, 0) is 25.3 Å². The highest BCUT2D eigenvalue weighted by Gasteiger charge is 1.91. The molecule has 0 saturated carbocycles. The third-order valence-electron chi connectivity index (χ3n) is 1.57. The van der Waals surface area contributed by atoms with Crippen LogP contribution in [-0.2, 0) is 4.79 Å². The molecule has 1 nitrogen and oxygen atoms in total. The van der Waals surface area contributed by atoms with Gasteiger partial charge in [0, 0.05) is 0 Å². The summed E-state index contributed by atoms with van der Waals surface area (Å²) >= 11 is 0. The van der Waals surface area contributed by atoms with Crippen LogP contribution >= 0.6 is 0 Å². The SMILES string of the molecule is CCCCC(=C[C]=O)CC. The van der Waals surface area contributed by atoms with E-state index < -0.39 is 0 Å². The molecule has 0 aliphatic carbocycles. The minimum absolute atomic E-state index is 0.981. The molecule has 0 aromatic rings. The third kappa shape index (κ3) is 4.30. The van der Waals surface area contributed by atoms with Crippen LogP contribution in [0.5, 0.6) is 0 Å². The lowest BCUT2D eigenvalue weighted by Crippen LogP contribution is -1.81. The zero-order valence-corrected chi connectivity index (χ0v) is 6.81. The van der Waals surface area contributed by atoms with E-state index in [2.05, 4.69) is 13.8 Å². The van der Waals surface area contributed by atoms with E-state index in [1.165, 1.54) is 18.4 Å². The quantitative estimate of drug-likeness (QED) is 0.535. The Labute approximate surface area is 63.1 Å². The van der Waals surface area contributed by atoms with Crippen LogP contribution in [0.25, 0.3) is 0 Å². The summed E-state index contributed by atoms with van der Waals surface area (Å²) in [6.07, 6.45) is 7.79. The third-order valence-corrected chi connectivity index (χ3v) is 1.57. The zero-order chi connectivity index (χ0) is 7.82. The second-order valence-electron chi connectivity index (χ2n) is 2.38. The smallest absolute Gasteiger partial charge is 0.225 e. The molecule has 0 heterocycles. The highest BCUT2D eigenvalue weighted by atomic mass is 16.1. The lowest BCUT2D eigenvalue weighted by molar-refractivity contribution is 0.563. The van der Waals surface area contributed by atoms with Crippen molar-refractivity contribution in [3.63, 3.8) is 0 Å². The maximum absolute atomic E-state index is 9.94. The fourth-order valence-electron chi connectivity index (χ4n) is 0.838. The average Bonchev–Trinajstić information content (AvgIpc) is 1.98. The van der Waals surface area contributed by atoms with E-state index in [9.17, 15) is 4.79 Å².